The van der Waals surface area contributed by atoms with E-state index in [1.807, 2.05) is 26.8 Å². The van der Waals surface area contributed by atoms with Crippen LogP contribution in [-0.2, 0) is 4.74 Å². The maximum atomic E-state index is 12.7. The fraction of sp³-hybridized carbons (Fsp3) is 0.611. The van der Waals surface area contributed by atoms with Crippen LogP contribution in [0.5, 0.6) is 17.2 Å². The standard InChI is InChI=1S/C18H28N2O5/c1-18(2,3)25-17(21)20-8-7-19-11-13(20)12-9-15(23-5)16(24-6)10-14(12)22-4/h9-10,13,19H,7-8,11H2,1-6H3/t13-/m0/s1. The van der Waals surface area contributed by atoms with Crippen LogP contribution in [0, 0.1) is 0 Å². The van der Waals surface area contributed by atoms with E-state index in [0.29, 0.717) is 36.9 Å². The van der Waals surface area contributed by atoms with Gasteiger partial charge < -0.3 is 24.3 Å². The lowest BCUT2D eigenvalue weighted by atomic mass is 10.0. The van der Waals surface area contributed by atoms with Gasteiger partial charge >= 0.3 is 6.09 Å². The summed E-state index contributed by atoms with van der Waals surface area (Å²) in [5, 5.41) is 3.32. The van der Waals surface area contributed by atoms with Gasteiger partial charge in [0, 0.05) is 31.3 Å². The zero-order valence-corrected chi connectivity index (χ0v) is 15.8. The maximum Gasteiger partial charge on any atom is 0.410 e. The molecular formula is C18H28N2O5. The molecular weight excluding hydrogens is 324 g/mol. The van der Waals surface area contributed by atoms with Crippen molar-refractivity contribution < 1.29 is 23.7 Å². The zero-order chi connectivity index (χ0) is 18.6. The van der Waals surface area contributed by atoms with Crippen molar-refractivity contribution in [3.05, 3.63) is 17.7 Å². The van der Waals surface area contributed by atoms with Crippen LogP contribution in [0.1, 0.15) is 32.4 Å². The van der Waals surface area contributed by atoms with Crippen LogP contribution < -0.4 is 19.5 Å². The number of benzene rings is 1. The fourth-order valence-electron chi connectivity index (χ4n) is 2.83. The number of carbonyl (C=O) groups is 1. The molecule has 0 radical (unpaired) electrons. The number of ether oxygens (including phenoxy) is 4. The van der Waals surface area contributed by atoms with Gasteiger partial charge in [0.1, 0.15) is 11.4 Å². The average Bonchev–Trinajstić information content (AvgIpc) is 2.59. The summed E-state index contributed by atoms with van der Waals surface area (Å²) in [4.78, 5) is 14.4. The molecule has 7 heteroatoms. The molecule has 1 aromatic carbocycles. The normalized spacial score (nSPS) is 17.8. The molecule has 1 aromatic rings. The van der Waals surface area contributed by atoms with Crippen molar-refractivity contribution in [3.63, 3.8) is 0 Å². The fourth-order valence-corrected chi connectivity index (χ4v) is 2.83. The van der Waals surface area contributed by atoms with Crippen LogP contribution in [0.15, 0.2) is 12.1 Å². The Morgan fingerprint density at radius 2 is 1.68 bits per heavy atom. The second-order valence-electron chi connectivity index (χ2n) is 6.84. The third-order valence-electron chi connectivity index (χ3n) is 3.97. The molecule has 1 saturated heterocycles. The van der Waals surface area contributed by atoms with Gasteiger partial charge in [-0.1, -0.05) is 0 Å². The number of carbonyl (C=O) groups excluding carboxylic acids is 1. The molecule has 1 aliphatic heterocycles. The smallest absolute Gasteiger partial charge is 0.410 e. The number of nitrogens with zero attached hydrogens (tertiary/aromatic N) is 1. The highest BCUT2D eigenvalue weighted by molar-refractivity contribution is 5.69. The minimum atomic E-state index is -0.547. The summed E-state index contributed by atoms with van der Waals surface area (Å²) < 4.78 is 21.8. The van der Waals surface area contributed by atoms with Crippen molar-refractivity contribution in [2.75, 3.05) is 41.0 Å². The highest BCUT2D eigenvalue weighted by Crippen LogP contribution is 2.39. The molecule has 140 valence electrons. The van der Waals surface area contributed by atoms with Crippen LogP contribution in [0.25, 0.3) is 0 Å². The quantitative estimate of drug-likeness (QED) is 0.898. The van der Waals surface area contributed by atoms with E-state index in [1.54, 1.807) is 32.3 Å². The van der Waals surface area contributed by atoms with Gasteiger partial charge in [-0.2, -0.15) is 0 Å². The Bertz CT molecular complexity index is 612. The van der Waals surface area contributed by atoms with Crippen LogP contribution in [0.3, 0.4) is 0 Å². The summed E-state index contributed by atoms with van der Waals surface area (Å²) in [6.45, 7) is 7.45. The number of hydrogen-bond donors (Lipinski definition) is 1. The number of nitrogens with one attached hydrogen (secondary N) is 1. The number of amides is 1. The Hall–Kier alpha value is -2.15. The van der Waals surface area contributed by atoms with E-state index in [4.69, 9.17) is 18.9 Å². The predicted octanol–water partition coefficient (Wildman–Crippen LogP) is 2.59. The number of hydrogen-bond acceptors (Lipinski definition) is 6. The van der Waals surface area contributed by atoms with E-state index in [9.17, 15) is 4.79 Å². The van der Waals surface area contributed by atoms with Gasteiger partial charge in [0.2, 0.25) is 0 Å². The predicted molar refractivity (Wildman–Crippen MR) is 94.6 cm³/mol. The second-order valence-corrected chi connectivity index (χ2v) is 6.84. The van der Waals surface area contributed by atoms with E-state index >= 15 is 0 Å². The first-order valence-corrected chi connectivity index (χ1v) is 8.31. The Balaban J connectivity index is 2.40. The molecule has 0 saturated carbocycles. The summed E-state index contributed by atoms with van der Waals surface area (Å²) in [5.41, 5.74) is 0.298. The number of rotatable bonds is 4. The van der Waals surface area contributed by atoms with E-state index in [-0.39, 0.29) is 12.1 Å². The molecule has 0 aromatic heterocycles. The molecule has 1 fully saturated rings. The summed E-state index contributed by atoms with van der Waals surface area (Å²) in [7, 11) is 4.75. The van der Waals surface area contributed by atoms with Gasteiger partial charge in [0.25, 0.3) is 0 Å². The molecule has 0 unspecified atom stereocenters. The zero-order valence-electron chi connectivity index (χ0n) is 15.8. The van der Waals surface area contributed by atoms with Crippen LogP contribution in [-0.4, -0.2) is 57.6 Å². The lowest BCUT2D eigenvalue weighted by Gasteiger charge is -2.38. The third kappa shape index (κ3) is 4.48. The molecule has 0 spiro atoms. The first kappa shape index (κ1) is 19.2. The lowest BCUT2D eigenvalue weighted by molar-refractivity contribution is 0.0115. The van der Waals surface area contributed by atoms with E-state index in [2.05, 4.69) is 5.32 Å². The molecule has 1 atom stereocenters. The highest BCUT2D eigenvalue weighted by Gasteiger charge is 2.33. The minimum Gasteiger partial charge on any atom is -0.496 e. The molecule has 1 amide bonds. The lowest BCUT2D eigenvalue weighted by Crippen LogP contribution is -2.50. The topological polar surface area (TPSA) is 69.3 Å². The first-order valence-electron chi connectivity index (χ1n) is 8.31. The van der Waals surface area contributed by atoms with Crippen LogP contribution >= 0.6 is 0 Å². The van der Waals surface area contributed by atoms with Gasteiger partial charge in [-0.3, -0.25) is 4.90 Å². The average molecular weight is 352 g/mol. The van der Waals surface area contributed by atoms with Crippen molar-refractivity contribution in [3.8, 4) is 17.2 Å². The largest absolute Gasteiger partial charge is 0.496 e. The second kappa shape index (κ2) is 7.82. The molecule has 7 nitrogen and oxygen atoms in total. The third-order valence-corrected chi connectivity index (χ3v) is 3.97. The summed E-state index contributed by atoms with van der Waals surface area (Å²) in [6, 6.07) is 3.40. The van der Waals surface area contributed by atoms with Crippen molar-refractivity contribution in [1.82, 2.24) is 10.2 Å². The van der Waals surface area contributed by atoms with Crippen molar-refractivity contribution >= 4 is 6.09 Å². The molecule has 25 heavy (non-hydrogen) atoms. The summed E-state index contributed by atoms with van der Waals surface area (Å²) >= 11 is 0. The molecule has 0 aliphatic carbocycles. The van der Waals surface area contributed by atoms with Gasteiger partial charge in [0.15, 0.2) is 11.5 Å². The number of methoxy groups -OCH3 is 3. The summed E-state index contributed by atoms with van der Waals surface area (Å²) in [5.74, 6) is 1.81. The minimum absolute atomic E-state index is 0.224. The Morgan fingerprint density at radius 1 is 1.08 bits per heavy atom. The molecule has 1 N–H and O–H groups in total. The highest BCUT2D eigenvalue weighted by atomic mass is 16.6. The Morgan fingerprint density at radius 3 is 2.24 bits per heavy atom. The van der Waals surface area contributed by atoms with E-state index < -0.39 is 5.60 Å². The van der Waals surface area contributed by atoms with Gasteiger partial charge in [-0.25, -0.2) is 4.79 Å². The van der Waals surface area contributed by atoms with Gasteiger partial charge in [0.05, 0.1) is 27.4 Å². The molecule has 2 rings (SSSR count). The summed E-state index contributed by atoms with van der Waals surface area (Å²) in [6.07, 6.45) is -0.337. The molecule has 1 aliphatic rings. The van der Waals surface area contributed by atoms with E-state index in [1.165, 1.54) is 0 Å². The van der Waals surface area contributed by atoms with Crippen LogP contribution in [0.2, 0.25) is 0 Å². The van der Waals surface area contributed by atoms with Crippen molar-refractivity contribution in [2.45, 2.75) is 32.4 Å². The molecule has 0 bridgehead atoms. The van der Waals surface area contributed by atoms with Crippen molar-refractivity contribution in [2.24, 2.45) is 0 Å². The molecule has 1 heterocycles. The SMILES string of the molecule is COc1cc(OC)c([C@@H]2CNCCN2C(=O)OC(C)(C)C)cc1OC. The Labute approximate surface area is 149 Å². The van der Waals surface area contributed by atoms with Gasteiger partial charge in [-0.15, -0.1) is 0 Å². The maximum absolute atomic E-state index is 12.7. The van der Waals surface area contributed by atoms with E-state index in [0.717, 1.165) is 5.56 Å². The van der Waals surface area contributed by atoms with Crippen molar-refractivity contribution in [1.29, 1.82) is 0 Å². The monoisotopic (exact) mass is 352 g/mol. The van der Waals surface area contributed by atoms with Crippen LogP contribution in [0.4, 0.5) is 4.79 Å². The number of piperazine rings is 1. The first-order chi connectivity index (χ1) is 11.8. The Kier molecular flexibility index (Phi) is 6.00. The van der Waals surface area contributed by atoms with Gasteiger partial charge in [-0.05, 0) is 26.8 Å².